The lowest BCUT2D eigenvalue weighted by atomic mass is 9.97. The van der Waals surface area contributed by atoms with Crippen molar-refractivity contribution in [2.24, 2.45) is 0 Å². The number of amides is 1. The minimum Gasteiger partial charge on any atom is -0.449 e. The first-order valence-electron chi connectivity index (χ1n) is 9.05. The maximum absolute atomic E-state index is 12.5. The van der Waals surface area contributed by atoms with Gasteiger partial charge >= 0.3 is 5.97 Å². The normalized spacial score (nSPS) is 13.4. The average molecular weight is 404 g/mol. The van der Waals surface area contributed by atoms with E-state index in [1.54, 1.807) is 12.1 Å². The molecule has 0 aliphatic carbocycles. The molecule has 2 aromatic rings. The number of hydrogen-bond donors (Lipinski definition) is 1. The molecule has 2 atom stereocenters. The highest BCUT2D eigenvalue weighted by atomic mass is 32.2. The standard InChI is InChI=1S/C21H25NO5S/c1-5-14(2)16-10-6-8-12-18(16)22-20(23)15(3)27-21(24)17-11-7-9-13-19(17)28(4,25)26/h6-15H,5H2,1-4H3,(H,22,23)/t14-,15+/m0/s1. The van der Waals surface area contributed by atoms with Crippen molar-refractivity contribution in [2.45, 2.75) is 44.1 Å². The molecule has 150 valence electrons. The summed E-state index contributed by atoms with van der Waals surface area (Å²) in [5, 5.41) is 2.79. The van der Waals surface area contributed by atoms with Gasteiger partial charge in [-0.3, -0.25) is 4.79 Å². The topological polar surface area (TPSA) is 89.5 Å². The van der Waals surface area contributed by atoms with Crippen LogP contribution < -0.4 is 5.32 Å². The lowest BCUT2D eigenvalue weighted by Crippen LogP contribution is -2.30. The van der Waals surface area contributed by atoms with Gasteiger partial charge in [0.15, 0.2) is 15.9 Å². The Morgan fingerprint density at radius 3 is 2.29 bits per heavy atom. The number of nitrogens with one attached hydrogen (secondary N) is 1. The number of carbonyl (C=O) groups is 2. The molecule has 2 rings (SSSR count). The second-order valence-corrected chi connectivity index (χ2v) is 8.69. The van der Waals surface area contributed by atoms with Crippen molar-refractivity contribution in [3.05, 3.63) is 59.7 Å². The summed E-state index contributed by atoms with van der Waals surface area (Å²) in [5.41, 5.74) is 1.57. The largest absolute Gasteiger partial charge is 0.449 e. The van der Waals surface area contributed by atoms with Gasteiger partial charge in [-0.15, -0.1) is 0 Å². The monoisotopic (exact) mass is 403 g/mol. The number of rotatable bonds is 7. The molecule has 0 fully saturated rings. The first kappa shape index (κ1) is 21.6. The maximum Gasteiger partial charge on any atom is 0.340 e. The fourth-order valence-corrected chi connectivity index (χ4v) is 3.61. The Bertz CT molecular complexity index is 968. The summed E-state index contributed by atoms with van der Waals surface area (Å²) in [7, 11) is -3.60. The van der Waals surface area contributed by atoms with Crippen molar-refractivity contribution < 1.29 is 22.7 Å². The van der Waals surface area contributed by atoms with Gasteiger partial charge < -0.3 is 10.1 Å². The van der Waals surface area contributed by atoms with E-state index in [1.807, 2.05) is 18.2 Å². The molecule has 1 N–H and O–H groups in total. The van der Waals surface area contributed by atoms with Crippen LogP contribution in [-0.2, 0) is 19.4 Å². The second kappa shape index (κ2) is 9.01. The van der Waals surface area contributed by atoms with Crippen LogP contribution in [0, 0.1) is 0 Å². The van der Waals surface area contributed by atoms with Crippen molar-refractivity contribution in [3.8, 4) is 0 Å². The van der Waals surface area contributed by atoms with Crippen molar-refractivity contribution in [3.63, 3.8) is 0 Å². The number of esters is 1. The van der Waals surface area contributed by atoms with Gasteiger partial charge in [0.2, 0.25) is 0 Å². The van der Waals surface area contributed by atoms with Gasteiger partial charge in [-0.25, -0.2) is 13.2 Å². The SMILES string of the molecule is CC[C@H](C)c1ccccc1NC(=O)[C@@H](C)OC(=O)c1ccccc1S(C)(=O)=O. The third-order valence-corrected chi connectivity index (χ3v) is 5.68. The highest BCUT2D eigenvalue weighted by Crippen LogP contribution is 2.26. The molecule has 0 spiro atoms. The van der Waals surface area contributed by atoms with Gasteiger partial charge in [0.1, 0.15) is 0 Å². The quantitative estimate of drug-likeness (QED) is 0.711. The third-order valence-electron chi connectivity index (χ3n) is 4.52. The molecular weight excluding hydrogens is 378 g/mol. The highest BCUT2D eigenvalue weighted by Gasteiger charge is 2.24. The average Bonchev–Trinajstić information content (AvgIpc) is 2.67. The van der Waals surface area contributed by atoms with E-state index in [-0.39, 0.29) is 16.4 Å². The third kappa shape index (κ3) is 5.19. The molecule has 28 heavy (non-hydrogen) atoms. The molecule has 0 aliphatic heterocycles. The van der Waals surface area contributed by atoms with Crippen LogP contribution in [0.5, 0.6) is 0 Å². The Morgan fingerprint density at radius 2 is 1.64 bits per heavy atom. The van der Waals surface area contributed by atoms with Crippen molar-refractivity contribution in [1.29, 1.82) is 0 Å². The zero-order valence-electron chi connectivity index (χ0n) is 16.4. The molecule has 0 unspecified atom stereocenters. The molecular formula is C21H25NO5S. The van der Waals surface area contributed by atoms with Gasteiger partial charge in [-0.2, -0.15) is 0 Å². The number of carbonyl (C=O) groups excluding carboxylic acids is 2. The number of hydrogen-bond acceptors (Lipinski definition) is 5. The highest BCUT2D eigenvalue weighted by molar-refractivity contribution is 7.90. The predicted octanol–water partition coefficient (Wildman–Crippen LogP) is 3.79. The number of benzene rings is 2. The molecule has 0 saturated heterocycles. The van der Waals surface area contributed by atoms with Crippen LogP contribution in [-0.4, -0.2) is 32.7 Å². The maximum atomic E-state index is 12.5. The molecule has 0 heterocycles. The summed E-state index contributed by atoms with van der Waals surface area (Å²) in [6, 6.07) is 13.2. The van der Waals surface area contributed by atoms with Crippen molar-refractivity contribution >= 4 is 27.4 Å². The van der Waals surface area contributed by atoms with Crippen LogP contribution in [0.25, 0.3) is 0 Å². The van der Waals surface area contributed by atoms with Crippen LogP contribution in [0.15, 0.2) is 53.4 Å². The fourth-order valence-electron chi connectivity index (χ4n) is 2.73. The molecule has 2 aromatic carbocycles. The summed E-state index contributed by atoms with van der Waals surface area (Å²) < 4.78 is 28.9. The van der Waals surface area contributed by atoms with E-state index in [2.05, 4.69) is 19.2 Å². The predicted molar refractivity (Wildman–Crippen MR) is 108 cm³/mol. The van der Waals surface area contributed by atoms with E-state index >= 15 is 0 Å². The number of para-hydroxylation sites is 1. The van der Waals surface area contributed by atoms with Crippen molar-refractivity contribution in [2.75, 3.05) is 11.6 Å². The van der Waals surface area contributed by atoms with Crippen LogP contribution in [0.1, 0.15) is 49.0 Å². The Morgan fingerprint density at radius 1 is 1.04 bits per heavy atom. The lowest BCUT2D eigenvalue weighted by Gasteiger charge is -2.18. The van der Waals surface area contributed by atoms with Crippen LogP contribution in [0.2, 0.25) is 0 Å². The van der Waals surface area contributed by atoms with E-state index in [9.17, 15) is 18.0 Å². The first-order chi connectivity index (χ1) is 13.1. The Kier molecular flexibility index (Phi) is 6.96. The van der Waals surface area contributed by atoms with Gasteiger partial charge in [0.25, 0.3) is 5.91 Å². The second-order valence-electron chi connectivity index (χ2n) is 6.70. The molecule has 7 heteroatoms. The zero-order chi connectivity index (χ0) is 20.9. The molecule has 6 nitrogen and oxygen atoms in total. The summed E-state index contributed by atoms with van der Waals surface area (Å²) in [6.07, 6.45) is 0.839. The van der Waals surface area contributed by atoms with Crippen LogP contribution in [0.4, 0.5) is 5.69 Å². The number of sulfone groups is 1. The zero-order valence-corrected chi connectivity index (χ0v) is 17.2. The molecule has 0 aromatic heterocycles. The molecule has 0 aliphatic rings. The Labute approximate surface area is 165 Å². The van der Waals surface area contributed by atoms with E-state index in [1.165, 1.54) is 25.1 Å². The van der Waals surface area contributed by atoms with E-state index in [0.717, 1.165) is 18.2 Å². The molecule has 1 amide bonds. The minimum atomic E-state index is -3.60. The van der Waals surface area contributed by atoms with Gasteiger partial charge in [-0.1, -0.05) is 44.2 Å². The first-order valence-corrected chi connectivity index (χ1v) is 10.9. The smallest absolute Gasteiger partial charge is 0.340 e. The fraction of sp³-hybridized carbons (Fsp3) is 0.333. The lowest BCUT2D eigenvalue weighted by molar-refractivity contribution is -0.123. The number of ether oxygens (including phenoxy) is 1. The minimum absolute atomic E-state index is 0.0929. The van der Waals surface area contributed by atoms with E-state index in [4.69, 9.17) is 4.74 Å². The molecule has 0 bridgehead atoms. The molecule has 0 radical (unpaired) electrons. The van der Waals surface area contributed by atoms with Gasteiger partial charge in [0.05, 0.1) is 10.5 Å². The van der Waals surface area contributed by atoms with Crippen LogP contribution in [0.3, 0.4) is 0 Å². The number of anilines is 1. The Hall–Kier alpha value is -2.67. The van der Waals surface area contributed by atoms with Gasteiger partial charge in [0, 0.05) is 11.9 Å². The summed E-state index contributed by atoms with van der Waals surface area (Å²) in [4.78, 5) is 24.8. The summed E-state index contributed by atoms with van der Waals surface area (Å²) in [5.74, 6) is -1.09. The van der Waals surface area contributed by atoms with Crippen LogP contribution >= 0.6 is 0 Å². The van der Waals surface area contributed by atoms with E-state index < -0.39 is 27.8 Å². The van der Waals surface area contributed by atoms with Gasteiger partial charge in [-0.05, 0) is 43.0 Å². The molecule has 0 saturated carbocycles. The Balaban J connectivity index is 2.15. The van der Waals surface area contributed by atoms with E-state index in [0.29, 0.717) is 5.69 Å². The van der Waals surface area contributed by atoms with Crippen molar-refractivity contribution in [1.82, 2.24) is 0 Å². The summed E-state index contributed by atoms with van der Waals surface area (Å²) in [6.45, 7) is 5.58. The summed E-state index contributed by atoms with van der Waals surface area (Å²) >= 11 is 0.